The molecule has 0 unspecified atom stereocenters. The van der Waals surface area contributed by atoms with Crippen molar-refractivity contribution < 1.29 is 17.6 Å². The highest BCUT2D eigenvalue weighted by Gasteiger charge is 2.53. The molecule has 0 aromatic heterocycles. The molecule has 172 valence electrons. The van der Waals surface area contributed by atoms with E-state index in [1.165, 1.54) is 24.3 Å². The molecule has 4 rings (SSSR count). The van der Waals surface area contributed by atoms with Gasteiger partial charge in [-0.25, -0.2) is 12.8 Å². The fourth-order valence-electron chi connectivity index (χ4n) is 4.80. The molecule has 0 radical (unpaired) electrons. The Morgan fingerprint density at radius 3 is 2.22 bits per heavy atom. The Kier molecular flexibility index (Phi) is 6.89. The number of benzene rings is 2. The Bertz CT molecular complexity index is 1040. The molecule has 1 aliphatic heterocycles. The summed E-state index contributed by atoms with van der Waals surface area (Å²) >= 11 is 5.92. The van der Waals surface area contributed by atoms with Crippen molar-refractivity contribution in [2.24, 2.45) is 0 Å². The lowest BCUT2D eigenvalue weighted by Crippen LogP contribution is -2.55. The second-order valence-corrected chi connectivity index (χ2v) is 11.5. The van der Waals surface area contributed by atoms with Gasteiger partial charge in [-0.2, -0.15) is 0 Å². The van der Waals surface area contributed by atoms with Crippen LogP contribution in [0.3, 0.4) is 0 Å². The standard InChI is InChI=1S/C24H28ClFN2O3S/c25-19-5-9-22(10-6-19)32(30,31)24(13-1-2-14-24)23(29)27-21-11-15-28(16-12-21)17-18-3-7-20(26)8-4-18/h3-10,21H,1-2,11-17H2,(H,27,29). The van der Waals surface area contributed by atoms with Gasteiger partial charge in [0, 0.05) is 30.7 Å². The van der Waals surface area contributed by atoms with Crippen LogP contribution in [0.2, 0.25) is 5.02 Å². The van der Waals surface area contributed by atoms with Crippen LogP contribution in [0.5, 0.6) is 0 Å². The van der Waals surface area contributed by atoms with Gasteiger partial charge in [0.05, 0.1) is 4.90 Å². The highest BCUT2D eigenvalue weighted by molar-refractivity contribution is 7.93. The van der Waals surface area contributed by atoms with Crippen LogP contribution in [0.1, 0.15) is 44.1 Å². The Balaban J connectivity index is 1.41. The fraction of sp³-hybridized carbons (Fsp3) is 0.458. The maximum absolute atomic E-state index is 13.5. The third kappa shape index (κ3) is 4.70. The fourth-order valence-corrected chi connectivity index (χ4v) is 7.00. The molecule has 2 fully saturated rings. The number of nitrogens with one attached hydrogen (secondary N) is 1. The van der Waals surface area contributed by atoms with E-state index in [9.17, 15) is 17.6 Å². The molecule has 0 spiro atoms. The minimum Gasteiger partial charge on any atom is -0.352 e. The zero-order valence-corrected chi connectivity index (χ0v) is 19.5. The van der Waals surface area contributed by atoms with Crippen molar-refractivity contribution >= 4 is 27.3 Å². The van der Waals surface area contributed by atoms with E-state index >= 15 is 0 Å². The summed E-state index contributed by atoms with van der Waals surface area (Å²) in [6, 6.07) is 12.5. The van der Waals surface area contributed by atoms with Gasteiger partial charge >= 0.3 is 0 Å². The molecule has 1 amide bonds. The second-order valence-electron chi connectivity index (χ2n) is 8.81. The van der Waals surface area contributed by atoms with Crippen LogP contribution >= 0.6 is 11.6 Å². The number of piperidine rings is 1. The number of nitrogens with zero attached hydrogens (tertiary/aromatic N) is 1. The van der Waals surface area contributed by atoms with Crippen molar-refractivity contribution in [3.8, 4) is 0 Å². The van der Waals surface area contributed by atoms with Gasteiger partial charge in [-0.15, -0.1) is 0 Å². The van der Waals surface area contributed by atoms with Crippen LogP contribution < -0.4 is 5.32 Å². The molecule has 0 bridgehead atoms. The number of likely N-dealkylation sites (tertiary alicyclic amines) is 1. The number of carbonyl (C=O) groups is 1. The quantitative estimate of drug-likeness (QED) is 0.670. The summed E-state index contributed by atoms with van der Waals surface area (Å²) in [7, 11) is -3.83. The third-order valence-electron chi connectivity index (χ3n) is 6.71. The van der Waals surface area contributed by atoms with E-state index in [1.807, 2.05) is 0 Å². The molecule has 1 heterocycles. The Labute approximate surface area is 193 Å². The molecule has 0 atom stereocenters. The zero-order chi connectivity index (χ0) is 22.8. The van der Waals surface area contributed by atoms with E-state index in [0.29, 0.717) is 17.9 Å². The monoisotopic (exact) mass is 478 g/mol. The average molecular weight is 479 g/mol. The summed E-state index contributed by atoms with van der Waals surface area (Å²) in [4.78, 5) is 15.8. The van der Waals surface area contributed by atoms with Gasteiger partial charge in [0.25, 0.3) is 0 Å². The average Bonchev–Trinajstić information content (AvgIpc) is 3.29. The van der Waals surface area contributed by atoms with Gasteiger partial charge in [0.15, 0.2) is 14.6 Å². The number of amides is 1. The lowest BCUT2D eigenvalue weighted by atomic mass is 10.0. The predicted molar refractivity (Wildman–Crippen MR) is 123 cm³/mol. The molecule has 2 aromatic rings. The lowest BCUT2D eigenvalue weighted by Gasteiger charge is -2.35. The summed E-state index contributed by atoms with van der Waals surface area (Å²) in [5.74, 6) is -0.619. The minimum atomic E-state index is -3.83. The van der Waals surface area contributed by atoms with Gasteiger partial charge in [-0.3, -0.25) is 9.69 Å². The first-order valence-corrected chi connectivity index (χ1v) is 12.9. The number of sulfone groups is 1. The van der Waals surface area contributed by atoms with Gasteiger partial charge in [-0.1, -0.05) is 36.6 Å². The maximum atomic E-state index is 13.5. The van der Waals surface area contributed by atoms with Crippen LogP contribution in [0, 0.1) is 5.82 Å². The van der Waals surface area contributed by atoms with Crippen LogP contribution in [0.4, 0.5) is 4.39 Å². The largest absolute Gasteiger partial charge is 0.352 e. The first-order chi connectivity index (χ1) is 15.3. The van der Waals surface area contributed by atoms with Gasteiger partial charge in [0.1, 0.15) is 5.82 Å². The van der Waals surface area contributed by atoms with Crippen LogP contribution in [-0.2, 0) is 21.2 Å². The number of halogens is 2. The molecule has 1 N–H and O–H groups in total. The summed E-state index contributed by atoms with van der Waals surface area (Å²) < 4.78 is 38.7. The molecule has 1 aliphatic carbocycles. The van der Waals surface area contributed by atoms with Crippen LogP contribution in [0.25, 0.3) is 0 Å². The van der Waals surface area contributed by atoms with Gasteiger partial charge in [0.2, 0.25) is 5.91 Å². The predicted octanol–water partition coefficient (Wildman–Crippen LogP) is 4.35. The van der Waals surface area contributed by atoms with E-state index in [2.05, 4.69) is 10.2 Å². The second kappa shape index (κ2) is 9.49. The first-order valence-electron chi connectivity index (χ1n) is 11.1. The summed E-state index contributed by atoms with van der Waals surface area (Å²) in [5, 5.41) is 3.52. The first kappa shape index (κ1) is 23.2. The van der Waals surface area contributed by atoms with Crippen molar-refractivity contribution in [3.05, 3.63) is 64.9 Å². The van der Waals surface area contributed by atoms with E-state index in [1.54, 1.807) is 24.3 Å². The number of rotatable bonds is 6. The van der Waals surface area contributed by atoms with E-state index in [-0.39, 0.29) is 22.7 Å². The highest BCUT2D eigenvalue weighted by Crippen LogP contribution is 2.41. The van der Waals surface area contributed by atoms with Crippen molar-refractivity contribution in [1.82, 2.24) is 10.2 Å². The normalized spacial score (nSPS) is 19.7. The minimum absolute atomic E-state index is 0.0511. The van der Waals surface area contributed by atoms with Crippen molar-refractivity contribution in [1.29, 1.82) is 0 Å². The molecule has 8 heteroatoms. The molecular weight excluding hydrogens is 451 g/mol. The SMILES string of the molecule is O=C(NC1CCN(Cc2ccc(F)cc2)CC1)C1(S(=O)(=O)c2ccc(Cl)cc2)CCCC1. The summed E-state index contributed by atoms with van der Waals surface area (Å²) in [6.07, 6.45) is 3.63. The van der Waals surface area contributed by atoms with Crippen molar-refractivity contribution in [3.63, 3.8) is 0 Å². The van der Waals surface area contributed by atoms with Gasteiger partial charge in [-0.05, 0) is 67.6 Å². The molecular formula is C24H28ClFN2O3S. The molecule has 2 aromatic carbocycles. The Morgan fingerprint density at radius 1 is 1.03 bits per heavy atom. The topological polar surface area (TPSA) is 66.5 Å². The van der Waals surface area contributed by atoms with Gasteiger partial charge < -0.3 is 5.32 Å². The number of hydrogen-bond donors (Lipinski definition) is 1. The van der Waals surface area contributed by atoms with Crippen LogP contribution in [0.15, 0.2) is 53.4 Å². The zero-order valence-electron chi connectivity index (χ0n) is 17.9. The summed E-state index contributed by atoms with van der Waals surface area (Å²) in [5.41, 5.74) is 1.05. The van der Waals surface area contributed by atoms with Crippen molar-refractivity contribution in [2.45, 2.75) is 60.8 Å². The molecule has 1 saturated heterocycles. The molecule has 5 nitrogen and oxygen atoms in total. The number of carbonyl (C=O) groups excluding carboxylic acids is 1. The third-order valence-corrected chi connectivity index (χ3v) is 9.47. The molecule has 32 heavy (non-hydrogen) atoms. The maximum Gasteiger partial charge on any atom is 0.242 e. The van der Waals surface area contributed by atoms with E-state index in [0.717, 1.165) is 50.9 Å². The van der Waals surface area contributed by atoms with Crippen LogP contribution in [-0.4, -0.2) is 43.1 Å². The molecule has 1 saturated carbocycles. The Hall–Kier alpha value is -1.96. The van der Waals surface area contributed by atoms with Crippen molar-refractivity contribution in [2.75, 3.05) is 13.1 Å². The Morgan fingerprint density at radius 2 is 1.62 bits per heavy atom. The van der Waals surface area contributed by atoms with E-state index < -0.39 is 14.6 Å². The summed E-state index contributed by atoms with van der Waals surface area (Å²) in [6.45, 7) is 2.31. The lowest BCUT2D eigenvalue weighted by molar-refractivity contribution is -0.124. The smallest absolute Gasteiger partial charge is 0.242 e. The highest BCUT2D eigenvalue weighted by atomic mass is 35.5. The molecule has 2 aliphatic rings. The number of hydrogen-bond acceptors (Lipinski definition) is 4. The van der Waals surface area contributed by atoms with E-state index in [4.69, 9.17) is 11.6 Å².